The second-order valence-corrected chi connectivity index (χ2v) is 5.95. The molecule has 1 heteroatoms. The van der Waals surface area contributed by atoms with Gasteiger partial charge in [0, 0.05) is 6.04 Å². The summed E-state index contributed by atoms with van der Waals surface area (Å²) in [6.07, 6.45) is 11.1. The van der Waals surface area contributed by atoms with Gasteiger partial charge in [0.2, 0.25) is 0 Å². The molecular formula is C14H29N. The van der Waals surface area contributed by atoms with Crippen molar-refractivity contribution in [1.29, 1.82) is 0 Å². The van der Waals surface area contributed by atoms with Crippen molar-refractivity contribution in [2.75, 3.05) is 6.54 Å². The summed E-state index contributed by atoms with van der Waals surface area (Å²) in [5.41, 5.74) is 0.611. The van der Waals surface area contributed by atoms with Gasteiger partial charge in [0.15, 0.2) is 0 Å². The number of unbranched alkanes of at least 4 members (excludes halogenated alkanes) is 3. The smallest absolute Gasteiger partial charge is 0.00674 e. The van der Waals surface area contributed by atoms with E-state index in [4.69, 9.17) is 0 Å². The molecule has 0 heterocycles. The zero-order valence-corrected chi connectivity index (χ0v) is 10.9. The Morgan fingerprint density at radius 1 is 1.07 bits per heavy atom. The molecule has 1 N–H and O–H groups in total. The van der Waals surface area contributed by atoms with E-state index < -0.39 is 0 Å². The fourth-order valence-electron chi connectivity index (χ4n) is 2.46. The first-order valence-corrected chi connectivity index (χ1v) is 6.87. The van der Waals surface area contributed by atoms with E-state index in [1.54, 1.807) is 0 Å². The van der Waals surface area contributed by atoms with Crippen molar-refractivity contribution in [2.24, 2.45) is 5.41 Å². The van der Waals surface area contributed by atoms with E-state index in [0.29, 0.717) is 5.41 Å². The molecular weight excluding hydrogens is 182 g/mol. The minimum absolute atomic E-state index is 0.611. The van der Waals surface area contributed by atoms with Gasteiger partial charge in [-0.3, -0.25) is 0 Å². The molecule has 0 saturated heterocycles. The van der Waals surface area contributed by atoms with Crippen molar-refractivity contribution in [3.63, 3.8) is 0 Å². The lowest BCUT2D eigenvalue weighted by atomic mass is 9.75. The van der Waals surface area contributed by atoms with Crippen molar-refractivity contribution in [1.82, 2.24) is 5.32 Å². The Labute approximate surface area is 96.0 Å². The average Bonchev–Trinajstić information content (AvgIpc) is 2.20. The van der Waals surface area contributed by atoms with Gasteiger partial charge in [-0.2, -0.15) is 0 Å². The van der Waals surface area contributed by atoms with E-state index in [1.165, 1.54) is 57.9 Å². The first-order chi connectivity index (χ1) is 7.14. The van der Waals surface area contributed by atoms with Crippen molar-refractivity contribution in [3.05, 3.63) is 0 Å². The van der Waals surface area contributed by atoms with E-state index in [2.05, 4.69) is 26.1 Å². The zero-order chi connectivity index (χ0) is 11.1. The molecule has 0 unspecified atom stereocenters. The first-order valence-electron chi connectivity index (χ1n) is 6.87. The van der Waals surface area contributed by atoms with Gasteiger partial charge >= 0.3 is 0 Å². The van der Waals surface area contributed by atoms with E-state index >= 15 is 0 Å². The summed E-state index contributed by atoms with van der Waals surface area (Å²) in [6, 6.07) is 0.819. The van der Waals surface area contributed by atoms with Crippen molar-refractivity contribution < 1.29 is 0 Å². The summed E-state index contributed by atoms with van der Waals surface area (Å²) >= 11 is 0. The Kier molecular flexibility index (Phi) is 5.66. The third-order valence-corrected chi connectivity index (χ3v) is 3.80. The standard InChI is InChI=1S/C14H29N/c1-4-5-6-7-12-15-13-8-10-14(2,3)11-9-13/h13,15H,4-12H2,1-3H3. The molecule has 0 spiro atoms. The predicted octanol–water partition coefficient (Wildman–Crippen LogP) is 4.13. The largest absolute Gasteiger partial charge is 0.314 e. The van der Waals surface area contributed by atoms with Crippen LogP contribution in [0.1, 0.15) is 72.1 Å². The van der Waals surface area contributed by atoms with Crippen LogP contribution in [0.2, 0.25) is 0 Å². The van der Waals surface area contributed by atoms with Gasteiger partial charge in [0.1, 0.15) is 0 Å². The highest BCUT2D eigenvalue weighted by Crippen LogP contribution is 2.34. The summed E-state index contributed by atoms with van der Waals surface area (Å²) in [4.78, 5) is 0. The van der Waals surface area contributed by atoms with Gasteiger partial charge in [-0.25, -0.2) is 0 Å². The minimum Gasteiger partial charge on any atom is -0.314 e. The number of hydrogen-bond acceptors (Lipinski definition) is 1. The molecule has 0 radical (unpaired) electrons. The topological polar surface area (TPSA) is 12.0 Å². The molecule has 90 valence electrons. The lowest BCUT2D eigenvalue weighted by Crippen LogP contribution is -2.36. The third-order valence-electron chi connectivity index (χ3n) is 3.80. The van der Waals surface area contributed by atoms with Gasteiger partial charge in [-0.1, -0.05) is 40.0 Å². The van der Waals surface area contributed by atoms with Crippen LogP contribution in [0, 0.1) is 5.41 Å². The predicted molar refractivity (Wildman–Crippen MR) is 68.2 cm³/mol. The number of hydrogen-bond donors (Lipinski definition) is 1. The summed E-state index contributed by atoms with van der Waals surface area (Å²) < 4.78 is 0. The fourth-order valence-corrected chi connectivity index (χ4v) is 2.46. The molecule has 1 saturated carbocycles. The second-order valence-electron chi connectivity index (χ2n) is 5.95. The van der Waals surface area contributed by atoms with Crippen LogP contribution in [-0.4, -0.2) is 12.6 Å². The molecule has 0 aromatic rings. The van der Waals surface area contributed by atoms with Crippen LogP contribution in [0.15, 0.2) is 0 Å². The average molecular weight is 211 g/mol. The highest BCUT2D eigenvalue weighted by Gasteiger charge is 2.25. The molecule has 0 aromatic heterocycles. The molecule has 0 aromatic carbocycles. The first kappa shape index (κ1) is 13.0. The highest BCUT2D eigenvalue weighted by molar-refractivity contribution is 4.81. The van der Waals surface area contributed by atoms with Crippen molar-refractivity contribution in [2.45, 2.75) is 78.2 Å². The lowest BCUT2D eigenvalue weighted by Gasteiger charge is -2.34. The van der Waals surface area contributed by atoms with Gasteiger partial charge < -0.3 is 5.32 Å². The van der Waals surface area contributed by atoms with Crippen LogP contribution >= 0.6 is 0 Å². The van der Waals surface area contributed by atoms with Gasteiger partial charge in [0.25, 0.3) is 0 Å². The molecule has 0 bridgehead atoms. The fraction of sp³-hybridized carbons (Fsp3) is 1.00. The Hall–Kier alpha value is -0.0400. The van der Waals surface area contributed by atoms with E-state index in [-0.39, 0.29) is 0 Å². The Bertz CT molecular complexity index is 153. The molecule has 1 nitrogen and oxygen atoms in total. The number of rotatable bonds is 6. The summed E-state index contributed by atoms with van der Waals surface area (Å²) in [5.74, 6) is 0. The van der Waals surface area contributed by atoms with Crippen LogP contribution in [0.25, 0.3) is 0 Å². The van der Waals surface area contributed by atoms with Crippen LogP contribution in [0.4, 0.5) is 0 Å². The van der Waals surface area contributed by atoms with Gasteiger partial charge in [0.05, 0.1) is 0 Å². The second kappa shape index (κ2) is 6.52. The SMILES string of the molecule is CCCCCCNC1CCC(C)(C)CC1. The summed E-state index contributed by atoms with van der Waals surface area (Å²) in [6.45, 7) is 8.33. The molecule has 1 aliphatic rings. The Morgan fingerprint density at radius 3 is 2.33 bits per heavy atom. The van der Waals surface area contributed by atoms with E-state index in [1.807, 2.05) is 0 Å². The normalized spacial score (nSPS) is 21.8. The van der Waals surface area contributed by atoms with Gasteiger partial charge in [-0.15, -0.1) is 0 Å². The van der Waals surface area contributed by atoms with Crippen LogP contribution in [-0.2, 0) is 0 Å². The summed E-state index contributed by atoms with van der Waals surface area (Å²) in [5, 5.41) is 3.72. The van der Waals surface area contributed by atoms with Crippen molar-refractivity contribution in [3.8, 4) is 0 Å². The highest BCUT2D eigenvalue weighted by atomic mass is 14.9. The monoisotopic (exact) mass is 211 g/mol. The van der Waals surface area contributed by atoms with Crippen LogP contribution in [0.3, 0.4) is 0 Å². The molecule has 15 heavy (non-hydrogen) atoms. The van der Waals surface area contributed by atoms with E-state index in [0.717, 1.165) is 6.04 Å². The molecule has 1 fully saturated rings. The van der Waals surface area contributed by atoms with Crippen molar-refractivity contribution >= 4 is 0 Å². The van der Waals surface area contributed by atoms with Crippen LogP contribution < -0.4 is 5.32 Å². The molecule has 0 amide bonds. The summed E-state index contributed by atoms with van der Waals surface area (Å²) in [7, 11) is 0. The quantitative estimate of drug-likeness (QED) is 0.652. The van der Waals surface area contributed by atoms with Gasteiger partial charge in [-0.05, 0) is 44.1 Å². The Balaban J connectivity index is 1.99. The number of nitrogens with one attached hydrogen (secondary N) is 1. The third kappa shape index (κ3) is 5.55. The van der Waals surface area contributed by atoms with Crippen LogP contribution in [0.5, 0.6) is 0 Å². The molecule has 1 rings (SSSR count). The maximum atomic E-state index is 3.72. The maximum absolute atomic E-state index is 3.72. The molecule has 0 atom stereocenters. The minimum atomic E-state index is 0.611. The molecule has 0 aliphatic heterocycles. The van der Waals surface area contributed by atoms with E-state index in [9.17, 15) is 0 Å². The molecule has 1 aliphatic carbocycles. The Morgan fingerprint density at radius 2 is 1.73 bits per heavy atom. The zero-order valence-electron chi connectivity index (χ0n) is 10.9. The maximum Gasteiger partial charge on any atom is 0.00674 e. The lowest BCUT2D eigenvalue weighted by molar-refractivity contribution is 0.206.